The number of amides is 1. The Bertz CT molecular complexity index is 636. The van der Waals surface area contributed by atoms with Gasteiger partial charge in [0.25, 0.3) is 5.91 Å². The largest absolute Gasteiger partial charge is 0.759 e. The Kier molecular flexibility index (Phi) is 5.78. The van der Waals surface area contributed by atoms with Gasteiger partial charge in [0.15, 0.2) is 0 Å². The molecular formula is C12H10N2O5S-2. The molecule has 106 valence electrons. The highest BCUT2D eigenvalue weighted by molar-refractivity contribution is 7.79. The zero-order valence-electron chi connectivity index (χ0n) is 10.1. The molecule has 2 rings (SSSR count). The first-order valence-corrected chi connectivity index (χ1v) is 6.63. The second-order valence-electron chi connectivity index (χ2n) is 3.47. The van der Waals surface area contributed by atoms with Crippen LogP contribution in [0.5, 0.6) is 0 Å². The van der Waals surface area contributed by atoms with Crippen molar-refractivity contribution in [2.24, 2.45) is 0 Å². The number of hydrogen-bond donors (Lipinski definition) is 1. The summed E-state index contributed by atoms with van der Waals surface area (Å²) in [5.74, 6) is -0.144. The van der Waals surface area contributed by atoms with Crippen molar-refractivity contribution < 1.29 is 22.3 Å². The number of benzene rings is 1. The Hall–Kier alpha value is -2.29. The molecule has 0 atom stereocenters. The summed E-state index contributed by atoms with van der Waals surface area (Å²) in [6.45, 7) is 0. The highest BCUT2D eigenvalue weighted by atomic mass is 32.3. The van der Waals surface area contributed by atoms with E-state index in [0.29, 0.717) is 5.56 Å². The van der Waals surface area contributed by atoms with E-state index in [4.69, 9.17) is 17.5 Å². The lowest BCUT2D eigenvalue weighted by Crippen LogP contribution is -2.11. The third kappa shape index (κ3) is 7.21. The first kappa shape index (κ1) is 15.8. The Morgan fingerprint density at radius 3 is 2.15 bits per heavy atom. The van der Waals surface area contributed by atoms with Gasteiger partial charge in [-0.3, -0.25) is 18.2 Å². The first-order chi connectivity index (χ1) is 9.36. The van der Waals surface area contributed by atoms with E-state index < -0.39 is 10.4 Å². The van der Waals surface area contributed by atoms with Crippen LogP contribution in [0.2, 0.25) is 0 Å². The molecule has 1 aromatic heterocycles. The van der Waals surface area contributed by atoms with Crippen molar-refractivity contribution in [3.63, 3.8) is 0 Å². The number of rotatable bonds is 2. The van der Waals surface area contributed by atoms with E-state index in [1.54, 1.807) is 18.3 Å². The zero-order chi connectivity index (χ0) is 15.0. The van der Waals surface area contributed by atoms with Gasteiger partial charge in [-0.05, 0) is 24.3 Å². The minimum atomic E-state index is -5.17. The van der Waals surface area contributed by atoms with Crippen LogP contribution < -0.4 is 5.32 Å². The maximum atomic E-state index is 11.7. The van der Waals surface area contributed by atoms with Gasteiger partial charge in [-0.2, -0.15) is 0 Å². The van der Waals surface area contributed by atoms with E-state index in [1.165, 1.54) is 6.20 Å². The average molecular weight is 294 g/mol. The van der Waals surface area contributed by atoms with Crippen LogP contribution in [0.15, 0.2) is 54.9 Å². The number of aromatic nitrogens is 1. The standard InChI is InChI=1S/C12H10N2O.H2O4S/c15-12(10-5-4-8-13-9-10)14-11-6-2-1-3-7-11;1-5(2,3)4/h1-9H,(H,14,15);(H2,1,2,3,4)/p-2. The van der Waals surface area contributed by atoms with E-state index in [1.807, 2.05) is 30.3 Å². The highest BCUT2D eigenvalue weighted by Crippen LogP contribution is 2.07. The van der Waals surface area contributed by atoms with Gasteiger partial charge in [0.2, 0.25) is 0 Å². The predicted molar refractivity (Wildman–Crippen MR) is 69.1 cm³/mol. The third-order valence-corrected chi connectivity index (χ3v) is 1.96. The van der Waals surface area contributed by atoms with E-state index in [-0.39, 0.29) is 5.91 Å². The maximum Gasteiger partial charge on any atom is 0.257 e. The van der Waals surface area contributed by atoms with Crippen LogP contribution in [-0.2, 0) is 10.4 Å². The summed E-state index contributed by atoms with van der Waals surface area (Å²) in [5.41, 5.74) is 1.34. The molecule has 0 unspecified atom stereocenters. The van der Waals surface area contributed by atoms with E-state index in [0.717, 1.165) is 5.69 Å². The van der Waals surface area contributed by atoms with E-state index >= 15 is 0 Å². The molecule has 0 aliphatic rings. The molecule has 0 saturated carbocycles. The predicted octanol–water partition coefficient (Wildman–Crippen LogP) is 0.996. The highest BCUT2D eigenvalue weighted by Gasteiger charge is 2.04. The average Bonchev–Trinajstić information content (AvgIpc) is 2.39. The minimum absolute atomic E-state index is 0.144. The van der Waals surface area contributed by atoms with Crippen molar-refractivity contribution in [2.75, 3.05) is 5.32 Å². The first-order valence-electron chi connectivity index (χ1n) is 5.29. The fourth-order valence-electron chi connectivity index (χ4n) is 1.22. The fraction of sp³-hybridized carbons (Fsp3) is 0. The number of hydrogen-bond acceptors (Lipinski definition) is 6. The Balaban J connectivity index is 0.000000347. The van der Waals surface area contributed by atoms with Crippen LogP contribution >= 0.6 is 0 Å². The van der Waals surface area contributed by atoms with Gasteiger partial charge in [-0.25, -0.2) is 0 Å². The molecule has 20 heavy (non-hydrogen) atoms. The smallest absolute Gasteiger partial charge is 0.257 e. The number of nitrogens with one attached hydrogen (secondary N) is 1. The molecular weight excluding hydrogens is 284 g/mol. The summed E-state index contributed by atoms with van der Waals surface area (Å²) < 4.78 is 34.1. The van der Waals surface area contributed by atoms with Crippen LogP contribution in [0.3, 0.4) is 0 Å². The number of carbonyl (C=O) groups excluding carboxylic acids is 1. The van der Waals surface area contributed by atoms with Crippen molar-refractivity contribution in [3.05, 3.63) is 60.4 Å². The van der Waals surface area contributed by atoms with Gasteiger partial charge in [0, 0.05) is 28.5 Å². The van der Waals surface area contributed by atoms with Crippen LogP contribution in [0.1, 0.15) is 10.4 Å². The van der Waals surface area contributed by atoms with Crippen LogP contribution in [-0.4, -0.2) is 28.4 Å². The molecule has 0 saturated heterocycles. The van der Waals surface area contributed by atoms with Crippen molar-refractivity contribution >= 4 is 22.0 Å². The monoisotopic (exact) mass is 294 g/mol. The maximum absolute atomic E-state index is 11.7. The SMILES string of the molecule is O=C(Nc1ccccc1)c1cccnc1.O=S(=O)([O-])[O-]. The molecule has 0 aliphatic carbocycles. The van der Waals surface area contributed by atoms with E-state index in [9.17, 15) is 4.79 Å². The van der Waals surface area contributed by atoms with Gasteiger partial charge in [-0.15, -0.1) is 0 Å². The van der Waals surface area contributed by atoms with Crippen LogP contribution in [0, 0.1) is 0 Å². The lowest BCUT2D eigenvalue weighted by molar-refractivity contribution is 0.102. The van der Waals surface area contributed by atoms with Crippen molar-refractivity contribution in [3.8, 4) is 0 Å². The third-order valence-electron chi connectivity index (χ3n) is 1.96. The summed E-state index contributed by atoms with van der Waals surface area (Å²) in [4.78, 5) is 15.5. The summed E-state index contributed by atoms with van der Waals surface area (Å²) in [7, 11) is -5.17. The molecule has 0 aliphatic heterocycles. The molecule has 0 fully saturated rings. The Morgan fingerprint density at radius 1 is 1.05 bits per heavy atom. The Labute approximate surface area is 115 Å². The second kappa shape index (κ2) is 7.34. The van der Waals surface area contributed by atoms with E-state index in [2.05, 4.69) is 10.3 Å². The number of carbonyl (C=O) groups is 1. The quantitative estimate of drug-likeness (QED) is 0.651. The van der Waals surface area contributed by atoms with Crippen LogP contribution in [0.4, 0.5) is 5.69 Å². The summed E-state index contributed by atoms with van der Waals surface area (Å²) in [6, 6.07) is 12.8. The minimum Gasteiger partial charge on any atom is -0.759 e. The van der Waals surface area contributed by atoms with Crippen molar-refractivity contribution in [2.45, 2.75) is 0 Å². The number of nitrogens with zero attached hydrogens (tertiary/aromatic N) is 1. The van der Waals surface area contributed by atoms with Crippen molar-refractivity contribution in [1.29, 1.82) is 0 Å². The molecule has 1 amide bonds. The summed E-state index contributed by atoms with van der Waals surface area (Å²) >= 11 is 0. The van der Waals surface area contributed by atoms with Gasteiger partial charge < -0.3 is 14.4 Å². The molecule has 0 radical (unpaired) electrons. The van der Waals surface area contributed by atoms with Gasteiger partial charge in [0.1, 0.15) is 0 Å². The molecule has 0 bridgehead atoms. The second-order valence-corrected chi connectivity index (χ2v) is 4.29. The molecule has 1 heterocycles. The molecule has 8 heteroatoms. The number of pyridine rings is 1. The summed E-state index contributed by atoms with van der Waals surface area (Å²) in [6.07, 6.45) is 3.18. The topological polar surface area (TPSA) is 122 Å². The van der Waals surface area contributed by atoms with Gasteiger partial charge in [-0.1, -0.05) is 18.2 Å². The molecule has 2 aromatic rings. The van der Waals surface area contributed by atoms with Crippen molar-refractivity contribution in [1.82, 2.24) is 4.98 Å². The lowest BCUT2D eigenvalue weighted by Gasteiger charge is -2.06. The van der Waals surface area contributed by atoms with Gasteiger partial charge in [0.05, 0.1) is 5.56 Å². The molecule has 7 nitrogen and oxygen atoms in total. The molecule has 1 aromatic carbocycles. The lowest BCUT2D eigenvalue weighted by atomic mass is 10.2. The summed E-state index contributed by atoms with van der Waals surface area (Å²) in [5, 5.41) is 2.78. The van der Waals surface area contributed by atoms with Crippen LogP contribution in [0.25, 0.3) is 0 Å². The molecule has 1 N–H and O–H groups in total. The normalized spacial score (nSPS) is 10.1. The molecule has 0 spiro atoms. The fourth-order valence-corrected chi connectivity index (χ4v) is 1.22. The number of anilines is 1. The number of para-hydroxylation sites is 1. The Morgan fingerprint density at radius 2 is 1.65 bits per heavy atom. The van der Waals surface area contributed by atoms with Gasteiger partial charge >= 0.3 is 0 Å². The zero-order valence-corrected chi connectivity index (χ0v) is 10.9.